The molecule has 0 bridgehead atoms. The van der Waals surface area contributed by atoms with Crippen molar-refractivity contribution in [3.63, 3.8) is 0 Å². The Bertz CT molecular complexity index is 514. The van der Waals surface area contributed by atoms with E-state index in [-0.39, 0.29) is 12.1 Å². The standard InChI is InChI=1S/C17H21BrO3/c1-4-20-17(19)16(21-13(2)3)12-15-8-5-7-14(11-15)9-6-10-18/h5,7-8,11,13,16H,4,10,12H2,1-3H3. The second-order valence-corrected chi connectivity index (χ2v) is 5.33. The Morgan fingerprint density at radius 1 is 1.38 bits per heavy atom. The van der Waals surface area contributed by atoms with Crippen LogP contribution in [-0.2, 0) is 20.7 Å². The van der Waals surface area contributed by atoms with Crippen LogP contribution in [-0.4, -0.2) is 30.1 Å². The van der Waals surface area contributed by atoms with Crippen molar-refractivity contribution < 1.29 is 14.3 Å². The molecule has 0 aliphatic carbocycles. The van der Waals surface area contributed by atoms with E-state index in [9.17, 15) is 4.79 Å². The zero-order valence-electron chi connectivity index (χ0n) is 12.7. The van der Waals surface area contributed by atoms with Gasteiger partial charge in [-0.25, -0.2) is 4.79 Å². The third kappa shape index (κ3) is 6.79. The first-order valence-corrected chi connectivity index (χ1v) is 8.14. The first-order valence-electron chi connectivity index (χ1n) is 7.02. The lowest BCUT2D eigenvalue weighted by Crippen LogP contribution is -2.31. The monoisotopic (exact) mass is 352 g/mol. The lowest BCUT2D eigenvalue weighted by atomic mass is 10.0. The van der Waals surface area contributed by atoms with Gasteiger partial charge in [0, 0.05) is 12.0 Å². The molecule has 0 spiro atoms. The summed E-state index contributed by atoms with van der Waals surface area (Å²) in [5.74, 6) is 5.70. The van der Waals surface area contributed by atoms with Crippen molar-refractivity contribution in [2.24, 2.45) is 0 Å². The minimum absolute atomic E-state index is 0.0317. The zero-order valence-corrected chi connectivity index (χ0v) is 14.3. The molecule has 1 rings (SSSR count). The van der Waals surface area contributed by atoms with E-state index in [1.165, 1.54) is 0 Å². The first-order chi connectivity index (χ1) is 10.1. The number of esters is 1. The number of rotatable bonds is 6. The SMILES string of the molecule is CCOC(=O)C(Cc1cccc(C#CCBr)c1)OC(C)C. The van der Waals surface area contributed by atoms with Crippen LogP contribution in [0.25, 0.3) is 0 Å². The third-order valence-corrected chi connectivity index (χ3v) is 2.91. The van der Waals surface area contributed by atoms with Crippen molar-refractivity contribution in [1.82, 2.24) is 0 Å². The lowest BCUT2D eigenvalue weighted by molar-refractivity contribution is -0.159. The fraction of sp³-hybridized carbons (Fsp3) is 0.471. The van der Waals surface area contributed by atoms with Gasteiger partial charge < -0.3 is 9.47 Å². The smallest absolute Gasteiger partial charge is 0.335 e. The van der Waals surface area contributed by atoms with Gasteiger partial charge in [-0.2, -0.15) is 0 Å². The van der Waals surface area contributed by atoms with Crippen LogP contribution in [0.2, 0.25) is 0 Å². The fourth-order valence-corrected chi connectivity index (χ4v) is 2.02. The first kappa shape index (κ1) is 17.7. The molecule has 0 aliphatic rings. The number of ether oxygens (including phenoxy) is 2. The van der Waals surface area contributed by atoms with E-state index in [4.69, 9.17) is 9.47 Å². The topological polar surface area (TPSA) is 35.5 Å². The summed E-state index contributed by atoms with van der Waals surface area (Å²) in [4.78, 5) is 12.0. The second-order valence-electron chi connectivity index (χ2n) is 4.77. The van der Waals surface area contributed by atoms with Gasteiger partial charge in [0.25, 0.3) is 0 Å². The number of halogens is 1. The van der Waals surface area contributed by atoms with Crippen molar-refractivity contribution in [2.45, 2.75) is 39.4 Å². The van der Waals surface area contributed by atoms with Gasteiger partial charge in [-0.15, -0.1) is 0 Å². The average Bonchev–Trinajstić information content (AvgIpc) is 2.44. The van der Waals surface area contributed by atoms with Gasteiger partial charge in [-0.3, -0.25) is 0 Å². The molecule has 114 valence electrons. The molecule has 0 radical (unpaired) electrons. The Kier molecular flexibility index (Phi) is 8.11. The predicted octanol–water partition coefficient (Wildman–Crippen LogP) is 3.33. The van der Waals surface area contributed by atoms with Crippen LogP contribution in [0.1, 0.15) is 31.9 Å². The zero-order chi connectivity index (χ0) is 15.7. The quantitative estimate of drug-likeness (QED) is 0.447. The van der Waals surface area contributed by atoms with E-state index in [0.29, 0.717) is 18.4 Å². The van der Waals surface area contributed by atoms with Crippen molar-refractivity contribution in [2.75, 3.05) is 11.9 Å². The summed E-state index contributed by atoms with van der Waals surface area (Å²) < 4.78 is 10.7. The fourth-order valence-electron chi connectivity index (χ4n) is 1.88. The van der Waals surface area contributed by atoms with E-state index in [2.05, 4.69) is 27.8 Å². The molecule has 4 heteroatoms. The maximum atomic E-state index is 12.0. The van der Waals surface area contributed by atoms with Crippen molar-refractivity contribution >= 4 is 21.9 Å². The Labute approximate surface area is 135 Å². The average molecular weight is 353 g/mol. The number of benzene rings is 1. The van der Waals surface area contributed by atoms with E-state index in [1.807, 2.05) is 38.1 Å². The Hall–Kier alpha value is -1.31. The van der Waals surface area contributed by atoms with E-state index < -0.39 is 6.10 Å². The summed E-state index contributed by atoms with van der Waals surface area (Å²) in [7, 11) is 0. The van der Waals surface area contributed by atoms with Gasteiger partial charge >= 0.3 is 5.97 Å². The van der Waals surface area contributed by atoms with E-state index in [0.717, 1.165) is 11.1 Å². The van der Waals surface area contributed by atoms with Crippen LogP contribution in [0.3, 0.4) is 0 Å². The summed E-state index contributed by atoms with van der Waals surface area (Å²) in [5, 5.41) is 0.638. The van der Waals surface area contributed by atoms with Gasteiger partial charge in [0.05, 0.1) is 18.0 Å². The number of carbonyl (C=O) groups is 1. The minimum atomic E-state index is -0.579. The summed E-state index contributed by atoms with van der Waals surface area (Å²) in [5.41, 5.74) is 1.94. The lowest BCUT2D eigenvalue weighted by Gasteiger charge is -2.19. The van der Waals surface area contributed by atoms with Crippen molar-refractivity contribution in [1.29, 1.82) is 0 Å². The van der Waals surface area contributed by atoms with E-state index in [1.54, 1.807) is 6.92 Å². The molecule has 0 saturated heterocycles. The molecule has 0 heterocycles. The van der Waals surface area contributed by atoms with Crippen LogP contribution in [0.4, 0.5) is 0 Å². The van der Waals surface area contributed by atoms with Crippen LogP contribution in [0, 0.1) is 11.8 Å². The summed E-state index contributed by atoms with van der Waals surface area (Å²) in [6.07, 6.45) is -0.124. The molecule has 1 aromatic rings. The van der Waals surface area contributed by atoms with Gasteiger partial charge in [0.2, 0.25) is 0 Å². The molecule has 0 saturated carbocycles. The number of carbonyl (C=O) groups excluding carboxylic acids is 1. The van der Waals surface area contributed by atoms with Crippen LogP contribution >= 0.6 is 15.9 Å². The van der Waals surface area contributed by atoms with Gasteiger partial charge in [0.15, 0.2) is 6.10 Å². The molecule has 0 amide bonds. The van der Waals surface area contributed by atoms with Crippen molar-refractivity contribution in [3.8, 4) is 11.8 Å². The van der Waals surface area contributed by atoms with Crippen LogP contribution in [0.15, 0.2) is 24.3 Å². The maximum absolute atomic E-state index is 12.0. The minimum Gasteiger partial charge on any atom is -0.464 e. The molecule has 3 nitrogen and oxygen atoms in total. The Morgan fingerprint density at radius 3 is 2.76 bits per heavy atom. The molecule has 1 atom stereocenters. The number of alkyl halides is 1. The highest BCUT2D eigenvalue weighted by Gasteiger charge is 2.22. The van der Waals surface area contributed by atoms with Gasteiger partial charge in [-0.05, 0) is 38.5 Å². The maximum Gasteiger partial charge on any atom is 0.335 e. The van der Waals surface area contributed by atoms with Crippen LogP contribution < -0.4 is 0 Å². The highest BCUT2D eigenvalue weighted by Crippen LogP contribution is 2.12. The highest BCUT2D eigenvalue weighted by molar-refractivity contribution is 9.09. The number of hydrogen-bond acceptors (Lipinski definition) is 3. The van der Waals surface area contributed by atoms with Gasteiger partial charge in [-0.1, -0.05) is 39.9 Å². The highest BCUT2D eigenvalue weighted by atomic mass is 79.9. The molecular formula is C17H21BrO3. The summed E-state index contributed by atoms with van der Waals surface area (Å²) >= 11 is 3.27. The van der Waals surface area contributed by atoms with Gasteiger partial charge in [0.1, 0.15) is 0 Å². The second kappa shape index (κ2) is 9.59. The molecular weight excluding hydrogens is 332 g/mol. The molecule has 21 heavy (non-hydrogen) atoms. The Morgan fingerprint density at radius 2 is 2.14 bits per heavy atom. The predicted molar refractivity (Wildman–Crippen MR) is 87.5 cm³/mol. The molecule has 0 aliphatic heterocycles. The van der Waals surface area contributed by atoms with Crippen LogP contribution in [0.5, 0.6) is 0 Å². The van der Waals surface area contributed by atoms with E-state index >= 15 is 0 Å². The normalized spacial score (nSPS) is 11.7. The summed E-state index contributed by atoms with van der Waals surface area (Å²) in [6.45, 7) is 5.96. The molecule has 0 N–H and O–H groups in total. The summed E-state index contributed by atoms with van der Waals surface area (Å²) in [6, 6.07) is 7.83. The molecule has 0 aromatic heterocycles. The molecule has 1 unspecified atom stereocenters. The Balaban J connectivity index is 2.84. The third-order valence-electron chi connectivity index (χ3n) is 2.63. The largest absolute Gasteiger partial charge is 0.464 e. The molecule has 1 aromatic carbocycles. The number of hydrogen-bond donors (Lipinski definition) is 0. The molecule has 0 fully saturated rings. The van der Waals surface area contributed by atoms with Crippen molar-refractivity contribution in [3.05, 3.63) is 35.4 Å².